The van der Waals surface area contributed by atoms with Crippen LogP contribution in [0.5, 0.6) is 5.75 Å². The van der Waals surface area contributed by atoms with Gasteiger partial charge < -0.3 is 10.5 Å². The van der Waals surface area contributed by atoms with E-state index in [1.54, 1.807) is 19.2 Å². The monoisotopic (exact) mass is 276 g/mol. The van der Waals surface area contributed by atoms with E-state index in [1.165, 1.54) is 4.57 Å². The van der Waals surface area contributed by atoms with Gasteiger partial charge in [0.1, 0.15) is 5.75 Å². The van der Waals surface area contributed by atoms with E-state index >= 15 is 0 Å². The third-order valence-corrected chi connectivity index (χ3v) is 3.08. The maximum absolute atomic E-state index is 12.0. The number of benzene rings is 1. The highest BCUT2D eigenvalue weighted by molar-refractivity contribution is 5.47. The standard InChI is InChI=1S/C14H20N4O2/c1-9(2)8-10(15)13-16-17-14(19)18(13)11-6-4-5-7-12(11)20-3/h4-7,9-10H,8,15H2,1-3H3,(H,17,19)/t10-/m0/s1. The second-order valence-corrected chi connectivity index (χ2v) is 5.13. The second-order valence-electron chi connectivity index (χ2n) is 5.13. The summed E-state index contributed by atoms with van der Waals surface area (Å²) in [6.07, 6.45) is 0.749. The third kappa shape index (κ3) is 2.75. The van der Waals surface area contributed by atoms with Gasteiger partial charge in [0.2, 0.25) is 0 Å². The van der Waals surface area contributed by atoms with Crippen molar-refractivity contribution in [2.24, 2.45) is 11.7 Å². The number of methoxy groups -OCH3 is 1. The Morgan fingerprint density at radius 2 is 2.10 bits per heavy atom. The summed E-state index contributed by atoms with van der Waals surface area (Å²) in [5, 5.41) is 6.53. The Kier molecular flexibility index (Phi) is 4.24. The van der Waals surface area contributed by atoms with E-state index in [0.29, 0.717) is 23.2 Å². The molecule has 3 N–H and O–H groups in total. The van der Waals surface area contributed by atoms with Gasteiger partial charge in [-0.15, -0.1) is 0 Å². The van der Waals surface area contributed by atoms with E-state index < -0.39 is 0 Å². The first-order valence-corrected chi connectivity index (χ1v) is 6.61. The molecule has 0 fully saturated rings. The Balaban J connectivity index is 2.52. The van der Waals surface area contributed by atoms with Gasteiger partial charge >= 0.3 is 5.69 Å². The van der Waals surface area contributed by atoms with Crippen molar-refractivity contribution in [1.29, 1.82) is 0 Å². The van der Waals surface area contributed by atoms with Crippen LogP contribution in [0.15, 0.2) is 29.1 Å². The molecule has 1 atom stereocenters. The van der Waals surface area contributed by atoms with Gasteiger partial charge in [0, 0.05) is 0 Å². The Morgan fingerprint density at radius 3 is 2.75 bits per heavy atom. The second kappa shape index (κ2) is 5.92. The predicted molar refractivity (Wildman–Crippen MR) is 77.1 cm³/mol. The third-order valence-electron chi connectivity index (χ3n) is 3.08. The van der Waals surface area contributed by atoms with Gasteiger partial charge in [0.25, 0.3) is 0 Å². The summed E-state index contributed by atoms with van der Waals surface area (Å²) in [6, 6.07) is 6.99. The molecule has 2 rings (SSSR count). The number of rotatable bonds is 5. The lowest BCUT2D eigenvalue weighted by atomic mass is 10.0. The zero-order valence-corrected chi connectivity index (χ0v) is 12.0. The smallest absolute Gasteiger partial charge is 0.348 e. The summed E-state index contributed by atoms with van der Waals surface area (Å²) < 4.78 is 6.78. The van der Waals surface area contributed by atoms with Gasteiger partial charge in [0.05, 0.1) is 18.8 Å². The molecule has 0 aliphatic carbocycles. The van der Waals surface area contributed by atoms with Gasteiger partial charge in [-0.25, -0.2) is 14.5 Å². The maximum atomic E-state index is 12.0. The van der Waals surface area contributed by atoms with Crippen LogP contribution in [0, 0.1) is 5.92 Å². The first kappa shape index (κ1) is 14.3. The van der Waals surface area contributed by atoms with Crippen molar-refractivity contribution in [2.45, 2.75) is 26.3 Å². The number of ether oxygens (including phenoxy) is 1. The first-order valence-electron chi connectivity index (χ1n) is 6.61. The van der Waals surface area contributed by atoms with Gasteiger partial charge in [-0.3, -0.25) is 0 Å². The molecular weight excluding hydrogens is 256 g/mol. The lowest BCUT2D eigenvalue weighted by Crippen LogP contribution is -2.23. The number of aromatic nitrogens is 3. The fourth-order valence-electron chi connectivity index (χ4n) is 2.22. The molecule has 0 radical (unpaired) electrons. The lowest BCUT2D eigenvalue weighted by molar-refractivity contribution is 0.411. The van der Waals surface area contributed by atoms with Crippen molar-refractivity contribution in [3.8, 4) is 11.4 Å². The Labute approximate surface area is 117 Å². The highest BCUT2D eigenvalue weighted by Crippen LogP contribution is 2.24. The zero-order valence-electron chi connectivity index (χ0n) is 12.0. The molecule has 0 spiro atoms. The molecule has 108 valence electrons. The topological polar surface area (TPSA) is 85.9 Å². The number of aromatic amines is 1. The van der Waals surface area contributed by atoms with E-state index in [1.807, 2.05) is 12.1 Å². The molecule has 1 aromatic heterocycles. The summed E-state index contributed by atoms with van der Waals surface area (Å²) in [4.78, 5) is 12.0. The van der Waals surface area contributed by atoms with Crippen LogP contribution in [0.2, 0.25) is 0 Å². The van der Waals surface area contributed by atoms with Gasteiger partial charge in [-0.05, 0) is 24.5 Å². The van der Waals surface area contributed by atoms with Crippen molar-refractivity contribution in [1.82, 2.24) is 14.8 Å². The summed E-state index contributed by atoms with van der Waals surface area (Å²) in [6.45, 7) is 4.16. The minimum atomic E-state index is -0.316. The Morgan fingerprint density at radius 1 is 1.40 bits per heavy atom. The Bertz CT molecular complexity index is 630. The van der Waals surface area contributed by atoms with E-state index in [2.05, 4.69) is 24.0 Å². The zero-order chi connectivity index (χ0) is 14.7. The number of para-hydroxylation sites is 2. The number of nitrogens with one attached hydrogen (secondary N) is 1. The van der Waals surface area contributed by atoms with Crippen LogP contribution >= 0.6 is 0 Å². The average Bonchev–Trinajstić information content (AvgIpc) is 2.79. The normalized spacial score (nSPS) is 12.7. The number of nitrogens with two attached hydrogens (primary N) is 1. The SMILES string of the molecule is COc1ccccc1-n1c([C@@H](N)CC(C)C)n[nH]c1=O. The van der Waals surface area contributed by atoms with E-state index in [4.69, 9.17) is 10.5 Å². The number of nitrogens with zero attached hydrogens (tertiary/aromatic N) is 2. The molecule has 20 heavy (non-hydrogen) atoms. The van der Waals surface area contributed by atoms with Crippen LogP contribution in [0.25, 0.3) is 5.69 Å². The Hall–Kier alpha value is -2.08. The molecule has 0 aliphatic rings. The van der Waals surface area contributed by atoms with Crippen molar-refractivity contribution in [2.75, 3.05) is 7.11 Å². The quantitative estimate of drug-likeness (QED) is 0.868. The number of hydrogen-bond acceptors (Lipinski definition) is 4. The molecule has 0 unspecified atom stereocenters. The molecule has 1 aromatic carbocycles. The number of hydrogen-bond donors (Lipinski definition) is 2. The van der Waals surface area contributed by atoms with Crippen molar-refractivity contribution in [3.63, 3.8) is 0 Å². The van der Waals surface area contributed by atoms with Crippen molar-refractivity contribution >= 4 is 0 Å². The van der Waals surface area contributed by atoms with E-state index in [0.717, 1.165) is 6.42 Å². The molecule has 1 heterocycles. The molecule has 0 saturated carbocycles. The maximum Gasteiger partial charge on any atom is 0.348 e. The minimum absolute atomic E-state index is 0.307. The van der Waals surface area contributed by atoms with Crippen molar-refractivity contribution < 1.29 is 4.74 Å². The van der Waals surface area contributed by atoms with E-state index in [-0.39, 0.29) is 11.7 Å². The van der Waals surface area contributed by atoms with Gasteiger partial charge in [0.15, 0.2) is 5.82 Å². The van der Waals surface area contributed by atoms with Crippen molar-refractivity contribution in [3.05, 3.63) is 40.6 Å². The number of H-pyrrole nitrogens is 1. The van der Waals surface area contributed by atoms with Gasteiger partial charge in [-0.2, -0.15) is 5.10 Å². The lowest BCUT2D eigenvalue weighted by Gasteiger charge is -2.15. The average molecular weight is 276 g/mol. The van der Waals surface area contributed by atoms with Crippen LogP contribution in [0.4, 0.5) is 0 Å². The molecule has 0 bridgehead atoms. The molecule has 0 amide bonds. The minimum Gasteiger partial charge on any atom is -0.495 e. The van der Waals surface area contributed by atoms with Crippen LogP contribution in [0.3, 0.4) is 0 Å². The van der Waals surface area contributed by atoms with E-state index in [9.17, 15) is 4.79 Å². The molecule has 6 heteroatoms. The fraction of sp³-hybridized carbons (Fsp3) is 0.429. The highest BCUT2D eigenvalue weighted by atomic mass is 16.5. The van der Waals surface area contributed by atoms with Crippen LogP contribution in [-0.4, -0.2) is 21.9 Å². The highest BCUT2D eigenvalue weighted by Gasteiger charge is 2.20. The molecular formula is C14H20N4O2. The largest absolute Gasteiger partial charge is 0.495 e. The van der Waals surface area contributed by atoms with Crippen LogP contribution < -0.4 is 16.2 Å². The molecule has 0 saturated heterocycles. The first-order chi connectivity index (χ1) is 9.54. The van der Waals surface area contributed by atoms with Gasteiger partial charge in [-0.1, -0.05) is 26.0 Å². The predicted octanol–water partition coefficient (Wildman–Crippen LogP) is 1.62. The van der Waals surface area contributed by atoms with Crippen LogP contribution in [-0.2, 0) is 0 Å². The summed E-state index contributed by atoms with van der Waals surface area (Å²) in [5.74, 6) is 1.55. The fourth-order valence-corrected chi connectivity index (χ4v) is 2.22. The summed E-state index contributed by atoms with van der Waals surface area (Å²) in [5.41, 5.74) is 6.48. The van der Waals surface area contributed by atoms with Crippen LogP contribution in [0.1, 0.15) is 32.1 Å². The molecule has 2 aromatic rings. The summed E-state index contributed by atoms with van der Waals surface area (Å²) in [7, 11) is 1.57. The summed E-state index contributed by atoms with van der Waals surface area (Å²) >= 11 is 0. The molecule has 6 nitrogen and oxygen atoms in total. The molecule has 0 aliphatic heterocycles.